The molecule has 0 bridgehead atoms. The second-order valence-electron chi connectivity index (χ2n) is 7.12. The molecule has 0 spiro atoms. The third-order valence-corrected chi connectivity index (χ3v) is 6.21. The van der Waals surface area contributed by atoms with Gasteiger partial charge in [-0.1, -0.05) is 41.0 Å². The second kappa shape index (κ2) is 11.9. The van der Waals surface area contributed by atoms with E-state index in [0.717, 1.165) is 0 Å². The first-order valence-electron chi connectivity index (χ1n) is 10.2. The molecule has 3 rings (SSSR count). The zero-order valence-corrected chi connectivity index (χ0v) is 20.9. The lowest BCUT2D eigenvalue weighted by molar-refractivity contribution is -0.113. The number of nitrogens with zero attached hydrogens (tertiary/aromatic N) is 3. The third-order valence-electron chi connectivity index (χ3n) is 4.68. The Hall–Kier alpha value is -3.01. The number of hydrogen-bond acceptors (Lipinski definition) is 6. The lowest BCUT2D eigenvalue weighted by Gasteiger charge is -2.15. The first-order chi connectivity index (χ1) is 16.3. The fraction of sp³-hybridized carbons (Fsp3) is 0.217. The molecule has 178 valence electrons. The van der Waals surface area contributed by atoms with E-state index in [4.69, 9.17) is 27.9 Å². The number of carbonyl (C=O) groups excluding carboxylic acids is 2. The summed E-state index contributed by atoms with van der Waals surface area (Å²) < 4.78 is 6.92. The van der Waals surface area contributed by atoms with Crippen molar-refractivity contribution in [3.8, 4) is 5.75 Å². The monoisotopic (exact) mass is 519 g/mol. The number of ether oxygens (including phenoxy) is 1. The van der Waals surface area contributed by atoms with Gasteiger partial charge in [0.25, 0.3) is 5.91 Å². The van der Waals surface area contributed by atoms with Crippen LogP contribution in [0, 0.1) is 0 Å². The number of allylic oxidation sites excluding steroid dienone is 1. The number of benzene rings is 2. The van der Waals surface area contributed by atoms with Crippen molar-refractivity contribution in [2.45, 2.75) is 24.7 Å². The van der Waals surface area contributed by atoms with Crippen molar-refractivity contribution in [2.24, 2.45) is 0 Å². The van der Waals surface area contributed by atoms with Crippen molar-refractivity contribution in [3.63, 3.8) is 0 Å². The van der Waals surface area contributed by atoms with Gasteiger partial charge < -0.3 is 19.9 Å². The van der Waals surface area contributed by atoms with Crippen molar-refractivity contribution >= 4 is 52.5 Å². The maximum Gasteiger partial charge on any atom is 0.251 e. The first kappa shape index (κ1) is 25.6. The molecule has 34 heavy (non-hydrogen) atoms. The molecule has 8 nitrogen and oxygen atoms in total. The molecule has 0 aliphatic carbocycles. The topological polar surface area (TPSA) is 98.1 Å². The van der Waals surface area contributed by atoms with E-state index >= 15 is 0 Å². The summed E-state index contributed by atoms with van der Waals surface area (Å²) in [6.45, 7) is 6.00. The van der Waals surface area contributed by atoms with Gasteiger partial charge in [0.05, 0.1) is 29.6 Å². The van der Waals surface area contributed by atoms with Crippen molar-refractivity contribution in [1.82, 2.24) is 20.1 Å². The maximum atomic E-state index is 12.6. The molecule has 0 aliphatic heterocycles. The van der Waals surface area contributed by atoms with Gasteiger partial charge in [-0.3, -0.25) is 9.59 Å². The van der Waals surface area contributed by atoms with Gasteiger partial charge in [0.15, 0.2) is 11.0 Å². The minimum Gasteiger partial charge on any atom is -0.497 e. The number of thioether (sulfide) groups is 1. The summed E-state index contributed by atoms with van der Waals surface area (Å²) in [5.74, 6) is 0.756. The standard InChI is InChI=1S/C23H23Cl2N5O3S/c1-4-11-30-21(14(2)26-22(32)15-5-8-17(33-3)9-6-15)28-29-23(30)34-13-20(31)27-19-12-16(24)7-10-18(19)25/h4-10,12,14H,1,11,13H2,2-3H3,(H,26,32)(H,27,31)/t14-/m0/s1. The zero-order valence-electron chi connectivity index (χ0n) is 18.5. The minimum atomic E-state index is -0.435. The zero-order chi connectivity index (χ0) is 24.7. The van der Waals surface area contributed by atoms with E-state index in [-0.39, 0.29) is 17.6 Å². The lowest BCUT2D eigenvalue weighted by atomic mass is 10.2. The Bertz CT molecular complexity index is 1180. The van der Waals surface area contributed by atoms with Crippen molar-refractivity contribution < 1.29 is 14.3 Å². The van der Waals surface area contributed by atoms with Crippen LogP contribution in [-0.2, 0) is 11.3 Å². The third kappa shape index (κ3) is 6.53. The van der Waals surface area contributed by atoms with Crippen LogP contribution in [-0.4, -0.2) is 39.4 Å². The number of carbonyl (C=O) groups is 2. The van der Waals surface area contributed by atoms with E-state index < -0.39 is 6.04 Å². The van der Waals surface area contributed by atoms with E-state index in [1.165, 1.54) is 11.8 Å². The van der Waals surface area contributed by atoms with Gasteiger partial charge in [-0.15, -0.1) is 16.8 Å². The Morgan fingerprint density at radius 1 is 1.21 bits per heavy atom. The average molecular weight is 520 g/mol. The Balaban J connectivity index is 1.66. The van der Waals surface area contributed by atoms with Gasteiger partial charge in [-0.25, -0.2) is 0 Å². The van der Waals surface area contributed by atoms with Gasteiger partial charge in [-0.05, 0) is 49.4 Å². The molecule has 3 aromatic rings. The highest BCUT2D eigenvalue weighted by Crippen LogP contribution is 2.26. The first-order valence-corrected chi connectivity index (χ1v) is 11.9. The molecule has 11 heteroatoms. The van der Waals surface area contributed by atoms with Crippen LogP contribution < -0.4 is 15.4 Å². The normalized spacial score (nSPS) is 11.5. The summed E-state index contributed by atoms with van der Waals surface area (Å²) in [5.41, 5.74) is 0.927. The fourth-order valence-corrected chi connectivity index (χ4v) is 4.12. The number of aromatic nitrogens is 3. The molecule has 0 saturated heterocycles. The van der Waals surface area contributed by atoms with Crippen LogP contribution in [0.1, 0.15) is 29.1 Å². The molecule has 0 unspecified atom stereocenters. The molecule has 2 amide bonds. The number of amides is 2. The number of hydrogen-bond donors (Lipinski definition) is 2. The summed E-state index contributed by atoms with van der Waals surface area (Å²) in [6.07, 6.45) is 1.70. The van der Waals surface area contributed by atoms with Crippen molar-refractivity contribution in [2.75, 3.05) is 18.2 Å². The smallest absolute Gasteiger partial charge is 0.251 e. The highest BCUT2D eigenvalue weighted by molar-refractivity contribution is 7.99. The quantitative estimate of drug-likeness (QED) is 0.288. The molecular weight excluding hydrogens is 497 g/mol. The van der Waals surface area contributed by atoms with Crippen molar-refractivity contribution in [3.05, 3.63) is 76.6 Å². The van der Waals surface area contributed by atoms with Crippen LogP contribution in [0.15, 0.2) is 60.3 Å². The van der Waals surface area contributed by atoms with Gasteiger partial charge in [0, 0.05) is 17.1 Å². The molecule has 0 radical (unpaired) electrons. The predicted molar refractivity (Wildman–Crippen MR) is 135 cm³/mol. The van der Waals surface area contributed by atoms with E-state index in [0.29, 0.717) is 44.6 Å². The summed E-state index contributed by atoms with van der Waals surface area (Å²) in [5, 5.41) is 15.5. The highest BCUT2D eigenvalue weighted by atomic mass is 35.5. The Kier molecular flexibility index (Phi) is 8.98. The van der Waals surface area contributed by atoms with Gasteiger partial charge in [0.1, 0.15) is 5.75 Å². The summed E-state index contributed by atoms with van der Waals surface area (Å²) in [4.78, 5) is 25.1. The van der Waals surface area contributed by atoms with Crippen LogP contribution in [0.3, 0.4) is 0 Å². The number of anilines is 1. The largest absolute Gasteiger partial charge is 0.497 e. The van der Waals surface area contributed by atoms with Gasteiger partial charge in [0.2, 0.25) is 5.91 Å². The molecular formula is C23H23Cl2N5O3S. The maximum absolute atomic E-state index is 12.6. The van der Waals surface area contributed by atoms with E-state index in [2.05, 4.69) is 27.4 Å². The Labute approximate surface area is 211 Å². The van der Waals surface area contributed by atoms with E-state index in [1.807, 2.05) is 6.92 Å². The summed E-state index contributed by atoms with van der Waals surface area (Å²) in [7, 11) is 1.56. The van der Waals surface area contributed by atoms with Crippen LogP contribution in [0.4, 0.5) is 5.69 Å². The molecule has 2 aromatic carbocycles. The summed E-state index contributed by atoms with van der Waals surface area (Å²) in [6, 6.07) is 11.2. The molecule has 2 N–H and O–H groups in total. The van der Waals surface area contributed by atoms with Crippen LogP contribution in [0.25, 0.3) is 0 Å². The SMILES string of the molecule is C=CCn1c(SCC(=O)Nc2cc(Cl)ccc2Cl)nnc1[C@H](C)NC(=O)c1ccc(OC)cc1. The van der Waals surface area contributed by atoms with Crippen molar-refractivity contribution in [1.29, 1.82) is 0 Å². The summed E-state index contributed by atoms with van der Waals surface area (Å²) >= 11 is 13.3. The molecule has 0 aliphatic rings. The lowest BCUT2D eigenvalue weighted by Crippen LogP contribution is -2.28. The number of halogens is 2. The van der Waals surface area contributed by atoms with Gasteiger partial charge in [-0.2, -0.15) is 0 Å². The fourth-order valence-electron chi connectivity index (χ4n) is 3.02. The Morgan fingerprint density at radius 3 is 2.62 bits per heavy atom. The molecule has 0 fully saturated rings. The molecule has 0 saturated carbocycles. The van der Waals surface area contributed by atoms with Crippen LogP contribution >= 0.6 is 35.0 Å². The highest BCUT2D eigenvalue weighted by Gasteiger charge is 2.20. The number of nitrogens with one attached hydrogen (secondary N) is 2. The average Bonchev–Trinajstić information content (AvgIpc) is 3.23. The second-order valence-corrected chi connectivity index (χ2v) is 8.91. The van der Waals surface area contributed by atoms with E-state index in [1.54, 1.807) is 60.2 Å². The van der Waals surface area contributed by atoms with Gasteiger partial charge >= 0.3 is 0 Å². The Morgan fingerprint density at radius 2 is 1.94 bits per heavy atom. The molecule has 1 heterocycles. The minimum absolute atomic E-state index is 0.0741. The van der Waals surface area contributed by atoms with Crippen LogP contribution in [0.2, 0.25) is 10.0 Å². The predicted octanol–water partition coefficient (Wildman–Crippen LogP) is 5.00. The van der Waals surface area contributed by atoms with Crippen LogP contribution in [0.5, 0.6) is 5.75 Å². The molecule has 1 atom stereocenters. The van der Waals surface area contributed by atoms with E-state index in [9.17, 15) is 9.59 Å². The molecule has 1 aromatic heterocycles. The number of rotatable bonds is 10. The number of methoxy groups -OCH3 is 1.